The molecular formula is C96H112BrClN12O22S7. The summed E-state index contributed by atoms with van der Waals surface area (Å²) in [6, 6.07) is 20.8. The molecule has 43 heteroatoms. The van der Waals surface area contributed by atoms with Gasteiger partial charge in [0.15, 0.2) is 5.43 Å². The number of halogens is 2. The summed E-state index contributed by atoms with van der Waals surface area (Å²) in [4.78, 5) is 144. The molecule has 0 aromatic carbocycles. The third-order valence-electron chi connectivity index (χ3n) is 22.1. The Bertz CT molecular complexity index is 6560. The molecule has 4 aliphatic rings. The molecule has 4 aliphatic heterocycles. The van der Waals surface area contributed by atoms with Crippen LogP contribution in [0.3, 0.4) is 0 Å². The number of carbonyl (C=O) groups is 8. The number of aryl methyl sites for hydroxylation is 1. The van der Waals surface area contributed by atoms with E-state index in [9.17, 15) is 43.2 Å². The summed E-state index contributed by atoms with van der Waals surface area (Å²) in [5.74, 6) is 0.608. The molecule has 4 atom stereocenters. The number of fused-ring (bicyclic) bond motifs is 4. The second-order valence-corrected chi connectivity index (χ2v) is 37.7. The number of methoxy groups -OCH3 is 5. The maximum absolute atomic E-state index is 13.1. The van der Waals surface area contributed by atoms with Crippen molar-refractivity contribution in [1.82, 2.24) is 58.6 Å². The van der Waals surface area contributed by atoms with Gasteiger partial charge in [0.2, 0.25) is 0 Å². The molecule has 4 fully saturated rings. The standard InChI is InChI=1S/C27H31N3O7.C22H25N3O4.C20H21N3O4.C15H17BrN2O3.C12H14ClNO4.S3.S2.2H2S/c1-16(31)9-18-10-20-21(14-30(23(20)13-28-18)25(33)37-26(3,4)5)22-11-19(36-17(2)32)12-24(29-22)27(34-6)7-8-35-15-27;1-14(26)7-15-8-17-18(12-25(2)20(17)11-23-15)19-9-16(27-3)10-21(24-19)22(28-4)5-6-29-13-22;1-12(24)5-13-6-15-16(9-22-18(15)10-21-13)17-7-14(25)8-19(23-17)20(26-2)3-4-27-11-20;1-9(19)5-10-6-11-12(16)8-18(13(11)7-17-10)14(20)21-15(2,3)4;1-8(15)18-9-5-10(14-11(13)6-9)12(16-2)3-4-17-7-12;1-3-2;1-2;;/h10-14H,7-9,15H2,1-6H3;8-12H,5-7,13H2,1-4H3;6-10,22H,3-5,11H2,1-2H3,(H,23,25);6-8H,5H2,1-4H3;5-6H,3-4,7H2,1-2H3;;;2*1H2/t;22-;;;;;;;/m.1......./s1. The fraction of sp³-hybridized carbons (Fsp3) is 0.417. The smallest absolute Gasteiger partial charge is 0.419 e. The molecule has 0 saturated carbocycles. The van der Waals surface area contributed by atoms with E-state index in [-0.39, 0.29) is 85.7 Å². The Balaban J connectivity index is 0.000000214. The van der Waals surface area contributed by atoms with Crippen molar-refractivity contribution in [2.45, 2.75) is 168 Å². The number of hydrogen-bond acceptors (Lipinski definition) is 33. The van der Waals surface area contributed by atoms with Crippen LogP contribution in [0.4, 0.5) is 9.59 Å². The number of aromatic nitrogens is 12. The van der Waals surface area contributed by atoms with Gasteiger partial charge >= 0.3 is 24.1 Å². The van der Waals surface area contributed by atoms with Crippen LogP contribution in [0.1, 0.15) is 154 Å². The van der Waals surface area contributed by atoms with E-state index in [4.69, 9.17) is 83.1 Å². The molecule has 2 N–H and O–H groups in total. The third kappa shape index (κ3) is 29.3. The Hall–Kier alpha value is -10.2. The molecular weight excluding hydrogens is 2010 g/mol. The number of carbonyl (C=O) groups excluding carboxylic acids is 8. The monoisotopic (exact) mass is 2120 g/mol. The predicted octanol–water partition coefficient (Wildman–Crippen LogP) is 15.4. The van der Waals surface area contributed by atoms with Crippen molar-refractivity contribution in [3.05, 3.63) is 188 Å². The molecule has 0 amide bonds. The van der Waals surface area contributed by atoms with Crippen LogP contribution in [-0.4, -0.2) is 205 Å². The highest BCUT2D eigenvalue weighted by Crippen LogP contribution is 2.43. The van der Waals surface area contributed by atoms with Crippen LogP contribution in [-0.2, 0) is 185 Å². The average molecular weight is 2130 g/mol. The van der Waals surface area contributed by atoms with E-state index in [0.29, 0.717) is 158 Å². The minimum Gasteiger partial charge on any atom is -0.497 e. The largest absolute Gasteiger partial charge is 0.497 e. The van der Waals surface area contributed by atoms with Crippen LogP contribution in [0.25, 0.3) is 77.4 Å². The molecule has 4 saturated heterocycles. The topological polar surface area (TPSA) is 410 Å². The Morgan fingerprint density at radius 3 is 1.27 bits per heavy atom. The molecule has 12 aromatic rings. The van der Waals surface area contributed by atoms with Crippen LogP contribution in [0.5, 0.6) is 17.2 Å². The van der Waals surface area contributed by atoms with E-state index >= 15 is 0 Å². The number of ketones is 4. The van der Waals surface area contributed by atoms with Gasteiger partial charge in [-0.3, -0.25) is 58.1 Å². The lowest BCUT2D eigenvalue weighted by Gasteiger charge is -2.26. The van der Waals surface area contributed by atoms with Crippen LogP contribution in [0, 0.1) is 0 Å². The third-order valence-corrected chi connectivity index (χ3v) is 22.9. The number of rotatable bonds is 22. The summed E-state index contributed by atoms with van der Waals surface area (Å²) in [6.45, 7) is 23.5. The molecule has 0 radical (unpaired) electrons. The van der Waals surface area contributed by atoms with Gasteiger partial charge in [-0.2, -0.15) is 27.0 Å². The molecule has 139 heavy (non-hydrogen) atoms. The molecule has 12 aromatic heterocycles. The highest BCUT2D eigenvalue weighted by atomic mass is 79.9. The summed E-state index contributed by atoms with van der Waals surface area (Å²) in [7, 11) is 11.0. The number of aromatic amines is 2. The summed E-state index contributed by atoms with van der Waals surface area (Å²) >= 11 is 24.9. The van der Waals surface area contributed by atoms with Crippen LogP contribution < -0.4 is 19.6 Å². The molecule has 0 bridgehead atoms. The SMILES string of the molecule is CC(=O)Cc1cc2c(Br)cn(C(=O)OC(C)(C)C)c2cn1.COC1(c2cc(=O)cc(-c3c[nH]c4cnc(CC(C)=O)cc34)[nH]2)CCOC1.COC1(c2cc(OC(C)=O)cc(-c3cn(C(=O)OC(C)(C)C)c4cnc(CC(C)=O)cc34)n2)CCOC1.COC1(c2cc(OC(C)=O)cc(Cl)n2)CCOC1.COc1cc(-c2cn(C)c3cnc(CC(C)=O)cc23)nc([C@@]2(OC)CCOC2)c1.S.S.S=S.S=S=S. The van der Waals surface area contributed by atoms with Crippen LogP contribution in [0.2, 0.25) is 5.15 Å². The van der Waals surface area contributed by atoms with E-state index in [0.717, 1.165) is 75.2 Å². The van der Waals surface area contributed by atoms with Gasteiger partial charge in [0, 0.05) is 320 Å². The van der Waals surface area contributed by atoms with Crippen LogP contribution in [0.15, 0.2) is 132 Å². The number of hydrogen-bond donors (Lipinski definition) is 2. The zero-order valence-corrected chi connectivity index (χ0v) is 88.5. The van der Waals surface area contributed by atoms with Crippen molar-refractivity contribution in [2.24, 2.45) is 7.05 Å². The zero-order chi connectivity index (χ0) is 100. The number of H-pyrrole nitrogens is 2. The summed E-state index contributed by atoms with van der Waals surface area (Å²) in [5, 5.41) is 3.63. The number of esters is 2. The van der Waals surface area contributed by atoms with Gasteiger partial charge < -0.3 is 76.1 Å². The molecule has 16 rings (SSSR count). The van der Waals surface area contributed by atoms with Gasteiger partial charge in [0.05, 0.1) is 120 Å². The number of nitrogens with zero attached hydrogens (tertiary/aromatic N) is 10. The van der Waals surface area contributed by atoms with E-state index in [1.807, 2.05) is 75.1 Å². The Morgan fingerprint density at radius 1 is 0.482 bits per heavy atom. The second kappa shape index (κ2) is 50.4. The van der Waals surface area contributed by atoms with E-state index in [1.165, 1.54) is 42.9 Å². The number of Topliss-reactive ketones (excluding diaryl/α,β-unsaturated/α-hetero) is 4. The highest BCUT2D eigenvalue weighted by Gasteiger charge is 2.43. The minimum atomic E-state index is -0.810. The number of nitrogens with one attached hydrogen (secondary N) is 2. The molecule has 0 aliphatic carbocycles. The fourth-order valence-corrected chi connectivity index (χ4v) is 16.4. The molecule has 3 unspecified atom stereocenters. The summed E-state index contributed by atoms with van der Waals surface area (Å²) < 4.78 is 77.5. The van der Waals surface area contributed by atoms with Crippen LogP contribution >= 0.6 is 54.5 Å². The van der Waals surface area contributed by atoms with Crippen molar-refractivity contribution >= 4 is 199 Å². The molecule has 34 nitrogen and oxygen atoms in total. The maximum Gasteiger partial charge on any atom is 0.419 e. The lowest BCUT2D eigenvalue weighted by atomic mass is 9.96. The maximum atomic E-state index is 13.1. The Morgan fingerprint density at radius 2 is 0.856 bits per heavy atom. The van der Waals surface area contributed by atoms with Crippen molar-refractivity contribution in [3.63, 3.8) is 0 Å². The first kappa shape index (κ1) is 114. The van der Waals surface area contributed by atoms with Crippen molar-refractivity contribution in [2.75, 3.05) is 88.4 Å². The van der Waals surface area contributed by atoms with Crippen molar-refractivity contribution in [3.8, 4) is 51.0 Å². The van der Waals surface area contributed by atoms with Gasteiger partial charge in [-0.15, -0.1) is 0 Å². The minimum absolute atomic E-state index is 0. The lowest BCUT2D eigenvalue weighted by Crippen LogP contribution is -2.31. The van der Waals surface area contributed by atoms with Gasteiger partial charge in [0.1, 0.15) is 79.1 Å². The molecule has 744 valence electrons. The van der Waals surface area contributed by atoms with Gasteiger partial charge in [-0.05, 0) is 109 Å². The highest BCUT2D eigenvalue weighted by molar-refractivity contribution is 9.10. The van der Waals surface area contributed by atoms with Gasteiger partial charge in [-0.25, -0.2) is 29.1 Å². The molecule has 0 spiro atoms. The predicted molar refractivity (Wildman–Crippen MR) is 550 cm³/mol. The first-order valence-corrected chi connectivity index (χ1v) is 48.2. The van der Waals surface area contributed by atoms with Crippen molar-refractivity contribution < 1.29 is 99.9 Å². The fourth-order valence-electron chi connectivity index (χ4n) is 15.7. The Labute approximate surface area is 853 Å². The average Bonchev–Trinajstić information content (AvgIpc) is 1.62. The summed E-state index contributed by atoms with van der Waals surface area (Å²) in [6.07, 6.45) is 16.4. The van der Waals surface area contributed by atoms with E-state index < -0.39 is 57.7 Å². The lowest BCUT2D eigenvalue weighted by molar-refractivity contribution is -0.132. The van der Waals surface area contributed by atoms with Gasteiger partial charge in [-0.1, -0.05) is 11.6 Å². The zero-order valence-electron chi connectivity index (χ0n) is 80.1. The number of pyridine rings is 8. The summed E-state index contributed by atoms with van der Waals surface area (Å²) in [5.41, 5.74) is 8.57. The molecule has 16 heterocycles. The second-order valence-electron chi connectivity index (χ2n) is 34.7. The quantitative estimate of drug-likeness (QED) is 0.0470. The first-order chi connectivity index (χ1) is 65.0. The van der Waals surface area contributed by atoms with Crippen molar-refractivity contribution in [1.29, 1.82) is 0 Å². The number of ether oxygens (including phenoxy) is 13. The van der Waals surface area contributed by atoms with E-state index in [2.05, 4.69) is 95.6 Å². The van der Waals surface area contributed by atoms with Gasteiger partial charge in [0.25, 0.3) is 0 Å². The first-order valence-electron chi connectivity index (χ1n) is 43.0. The Kier molecular flexibility index (Phi) is 41.4. The van der Waals surface area contributed by atoms with E-state index in [1.54, 1.807) is 144 Å². The normalized spacial score (nSPS) is 17.4.